The molecule has 0 aromatic heterocycles. The molecule has 0 unspecified atom stereocenters. The second-order valence-electron chi connectivity index (χ2n) is 5.08. The van der Waals surface area contributed by atoms with E-state index in [0.29, 0.717) is 25.4 Å². The van der Waals surface area contributed by atoms with Gasteiger partial charge in [-0.05, 0) is 46.0 Å². The molecule has 0 bridgehead atoms. The summed E-state index contributed by atoms with van der Waals surface area (Å²) in [6.45, 7) is 8.37. The highest BCUT2D eigenvalue weighted by Crippen LogP contribution is 2.15. The number of ether oxygens (including phenoxy) is 1. The molecule has 0 heterocycles. The van der Waals surface area contributed by atoms with Gasteiger partial charge in [-0.1, -0.05) is 24.5 Å². The summed E-state index contributed by atoms with van der Waals surface area (Å²) in [6, 6.07) is 0. The topological polar surface area (TPSA) is 46.5 Å². The second-order valence-corrected chi connectivity index (χ2v) is 5.08. The molecule has 0 aliphatic carbocycles. The molecule has 108 valence electrons. The van der Waals surface area contributed by atoms with Crippen LogP contribution in [-0.4, -0.2) is 23.8 Å². The van der Waals surface area contributed by atoms with Crippen LogP contribution in [0.1, 0.15) is 53.4 Å². The van der Waals surface area contributed by atoms with Crippen LogP contribution in [0, 0.1) is 17.8 Å². The first-order valence-corrected chi connectivity index (χ1v) is 6.92. The van der Waals surface area contributed by atoms with Crippen molar-refractivity contribution in [2.75, 3.05) is 6.61 Å². The molecule has 0 saturated carbocycles. The van der Waals surface area contributed by atoms with Gasteiger partial charge in [-0.15, -0.1) is 0 Å². The molecule has 2 atom stereocenters. The zero-order valence-corrected chi connectivity index (χ0v) is 12.5. The molecule has 0 radical (unpaired) electrons. The molecule has 0 fully saturated rings. The van der Waals surface area contributed by atoms with Crippen LogP contribution in [0.5, 0.6) is 0 Å². The normalized spacial score (nSPS) is 12.9. The van der Waals surface area contributed by atoms with Crippen molar-refractivity contribution in [3.8, 4) is 11.8 Å². The summed E-state index contributed by atoms with van der Waals surface area (Å²) in [5.74, 6) is 4.96. The highest BCUT2D eigenvalue weighted by Gasteiger charge is 2.08. The smallest absolute Gasteiger partial charge is 0.384 e. The third-order valence-corrected chi connectivity index (χ3v) is 2.69. The van der Waals surface area contributed by atoms with E-state index < -0.39 is 12.1 Å². The summed E-state index contributed by atoms with van der Waals surface area (Å²) in [5, 5.41) is 9.80. The first-order valence-electron chi connectivity index (χ1n) is 6.92. The molecule has 3 nitrogen and oxygen atoms in total. The molecule has 0 saturated heterocycles. The van der Waals surface area contributed by atoms with Crippen LogP contribution in [0.4, 0.5) is 0 Å². The van der Waals surface area contributed by atoms with Crippen LogP contribution in [0.3, 0.4) is 0 Å². The van der Waals surface area contributed by atoms with Gasteiger partial charge in [-0.2, -0.15) is 0 Å². The van der Waals surface area contributed by atoms with Crippen molar-refractivity contribution in [3.63, 3.8) is 0 Å². The predicted molar refractivity (Wildman–Crippen MR) is 77.5 cm³/mol. The lowest BCUT2D eigenvalue weighted by atomic mass is 9.96. The second kappa shape index (κ2) is 10.6. The Bertz CT molecular complexity index is 343. The first-order chi connectivity index (χ1) is 8.95. The molecule has 3 heteroatoms. The summed E-state index contributed by atoms with van der Waals surface area (Å²) < 4.78 is 4.68. The zero-order valence-electron chi connectivity index (χ0n) is 12.5. The van der Waals surface area contributed by atoms with E-state index in [-0.39, 0.29) is 0 Å². The molecule has 0 amide bonds. The Labute approximate surface area is 117 Å². The van der Waals surface area contributed by atoms with Gasteiger partial charge in [0.15, 0.2) is 0 Å². The summed E-state index contributed by atoms with van der Waals surface area (Å²) >= 11 is 0. The van der Waals surface area contributed by atoms with Crippen LogP contribution in [0.2, 0.25) is 0 Å². The number of allylic oxidation sites excluding steroid dienone is 2. The van der Waals surface area contributed by atoms with E-state index in [2.05, 4.69) is 43.4 Å². The lowest BCUT2D eigenvalue weighted by Crippen LogP contribution is -2.11. The van der Waals surface area contributed by atoms with Gasteiger partial charge in [0, 0.05) is 12.3 Å². The number of hydrogen-bond donors (Lipinski definition) is 1. The van der Waals surface area contributed by atoms with Crippen LogP contribution in [-0.2, 0) is 9.53 Å². The maximum atomic E-state index is 11.0. The van der Waals surface area contributed by atoms with E-state index >= 15 is 0 Å². The molecule has 1 N–H and O–H groups in total. The Kier molecular flexibility index (Phi) is 9.92. The van der Waals surface area contributed by atoms with Crippen molar-refractivity contribution in [3.05, 3.63) is 11.6 Å². The van der Waals surface area contributed by atoms with Crippen molar-refractivity contribution in [1.29, 1.82) is 0 Å². The largest absolute Gasteiger partial charge is 0.456 e. The number of rotatable bonds is 7. The number of aliphatic hydroxyl groups is 1. The minimum atomic E-state index is -0.522. The highest BCUT2D eigenvalue weighted by molar-refractivity contribution is 5.88. The van der Waals surface area contributed by atoms with E-state index in [1.165, 1.54) is 5.57 Å². The van der Waals surface area contributed by atoms with Gasteiger partial charge in [0.05, 0.1) is 12.7 Å². The third-order valence-electron chi connectivity index (χ3n) is 2.69. The van der Waals surface area contributed by atoms with Gasteiger partial charge in [-0.25, -0.2) is 4.79 Å². The Morgan fingerprint density at radius 2 is 2.11 bits per heavy atom. The van der Waals surface area contributed by atoms with Crippen LogP contribution in [0.25, 0.3) is 0 Å². The number of esters is 1. The van der Waals surface area contributed by atoms with Crippen molar-refractivity contribution < 1.29 is 14.6 Å². The summed E-state index contributed by atoms with van der Waals surface area (Å²) in [4.78, 5) is 11.0. The SMILES string of the molecule is CCOC(=O)C#CC[C@H](O)C[C@@H](C)CCC=C(C)C. The molecule has 0 rings (SSSR count). The van der Waals surface area contributed by atoms with Crippen LogP contribution >= 0.6 is 0 Å². The fourth-order valence-electron chi connectivity index (χ4n) is 1.73. The molecule has 0 aromatic carbocycles. The third kappa shape index (κ3) is 11.5. The average molecular weight is 266 g/mol. The highest BCUT2D eigenvalue weighted by atomic mass is 16.5. The molecule has 0 aliphatic heterocycles. The summed E-state index contributed by atoms with van der Waals surface area (Å²) in [6.07, 6.45) is 4.89. The lowest BCUT2D eigenvalue weighted by molar-refractivity contribution is -0.136. The number of carbonyl (C=O) groups excluding carboxylic acids is 1. The first kappa shape index (κ1) is 17.7. The summed E-state index contributed by atoms with van der Waals surface area (Å²) in [5.41, 5.74) is 1.33. The van der Waals surface area contributed by atoms with E-state index in [0.717, 1.165) is 12.8 Å². The van der Waals surface area contributed by atoms with E-state index in [1.807, 2.05) is 0 Å². The minimum absolute atomic E-state index is 0.325. The quantitative estimate of drug-likeness (QED) is 0.333. The molecule has 19 heavy (non-hydrogen) atoms. The zero-order chi connectivity index (χ0) is 14.7. The van der Waals surface area contributed by atoms with Crippen molar-refractivity contribution in [2.24, 2.45) is 5.92 Å². The Hall–Kier alpha value is -1.27. The fourth-order valence-corrected chi connectivity index (χ4v) is 1.73. The summed E-state index contributed by atoms with van der Waals surface area (Å²) in [7, 11) is 0. The van der Waals surface area contributed by atoms with Gasteiger partial charge in [0.2, 0.25) is 0 Å². The lowest BCUT2D eigenvalue weighted by Gasteiger charge is -2.13. The molecular formula is C16H26O3. The van der Waals surface area contributed by atoms with E-state index in [1.54, 1.807) is 6.92 Å². The van der Waals surface area contributed by atoms with E-state index in [4.69, 9.17) is 0 Å². The fraction of sp³-hybridized carbons (Fsp3) is 0.688. The molecular weight excluding hydrogens is 240 g/mol. The maximum Gasteiger partial charge on any atom is 0.384 e. The van der Waals surface area contributed by atoms with E-state index in [9.17, 15) is 9.90 Å². The van der Waals surface area contributed by atoms with Crippen molar-refractivity contribution in [2.45, 2.75) is 59.5 Å². The van der Waals surface area contributed by atoms with Crippen LogP contribution in [0.15, 0.2) is 11.6 Å². The maximum absolute atomic E-state index is 11.0. The van der Waals surface area contributed by atoms with Crippen molar-refractivity contribution in [1.82, 2.24) is 0 Å². The van der Waals surface area contributed by atoms with Gasteiger partial charge >= 0.3 is 5.97 Å². The number of aliphatic hydroxyl groups excluding tert-OH is 1. The van der Waals surface area contributed by atoms with Gasteiger partial charge in [-0.3, -0.25) is 0 Å². The minimum Gasteiger partial charge on any atom is -0.456 e. The standard InChI is InChI=1S/C16H26O3/c1-5-19-16(18)11-7-10-15(17)12-14(4)9-6-8-13(2)3/h8,14-15,17H,5-6,9-10,12H2,1-4H3/t14-,15-/m0/s1. The van der Waals surface area contributed by atoms with Crippen molar-refractivity contribution >= 4 is 5.97 Å². The van der Waals surface area contributed by atoms with Crippen LogP contribution < -0.4 is 0 Å². The van der Waals surface area contributed by atoms with Gasteiger partial charge < -0.3 is 9.84 Å². The molecule has 0 aliphatic rings. The average Bonchev–Trinajstić information content (AvgIpc) is 2.28. The predicted octanol–water partition coefficient (Wildman–Crippen LogP) is 3.08. The van der Waals surface area contributed by atoms with Gasteiger partial charge in [0.25, 0.3) is 0 Å². The Morgan fingerprint density at radius 3 is 2.68 bits per heavy atom. The number of carbonyl (C=O) groups is 1. The number of hydrogen-bond acceptors (Lipinski definition) is 3. The molecule has 0 spiro atoms. The van der Waals surface area contributed by atoms with Gasteiger partial charge in [0.1, 0.15) is 0 Å². The Balaban J connectivity index is 3.87. The Morgan fingerprint density at radius 1 is 1.42 bits per heavy atom. The molecule has 0 aromatic rings. The monoisotopic (exact) mass is 266 g/mol.